The van der Waals surface area contributed by atoms with Crippen molar-refractivity contribution in [1.82, 2.24) is 20.9 Å². The summed E-state index contributed by atoms with van der Waals surface area (Å²) in [5.74, 6) is -3.56. The van der Waals surface area contributed by atoms with Gasteiger partial charge in [0.05, 0.1) is 0 Å². The van der Waals surface area contributed by atoms with Crippen molar-refractivity contribution in [3.05, 3.63) is 48.1 Å². The maximum absolute atomic E-state index is 14.0. The van der Waals surface area contributed by atoms with E-state index in [0.29, 0.717) is 4.90 Å². The van der Waals surface area contributed by atoms with E-state index < -0.39 is 47.6 Å². The van der Waals surface area contributed by atoms with E-state index in [1.807, 2.05) is 5.32 Å². The van der Waals surface area contributed by atoms with Crippen molar-refractivity contribution in [1.29, 1.82) is 0 Å². The molecule has 2 rings (SSSR count). The fraction of sp³-hybridized carbons (Fsp3) is 0.250. The number of imide groups is 2. The second-order valence-electron chi connectivity index (χ2n) is 5.62. The lowest BCUT2D eigenvalue weighted by atomic mass is 9.91. The maximum Gasteiger partial charge on any atom is 0.325 e. The van der Waals surface area contributed by atoms with Crippen molar-refractivity contribution in [2.45, 2.75) is 12.5 Å². The third kappa shape index (κ3) is 3.68. The summed E-state index contributed by atoms with van der Waals surface area (Å²) in [4.78, 5) is 48.3. The molecular weight excluding hydrogens is 350 g/mol. The Balaban J connectivity index is 2.15. The van der Waals surface area contributed by atoms with Crippen LogP contribution in [0.5, 0.6) is 0 Å². The highest BCUT2D eigenvalue weighted by Crippen LogP contribution is 2.31. The van der Waals surface area contributed by atoms with Crippen LogP contribution in [-0.2, 0) is 15.1 Å². The van der Waals surface area contributed by atoms with Gasteiger partial charge in [0.2, 0.25) is 5.91 Å². The molecule has 0 aromatic heterocycles. The first-order valence-electron chi connectivity index (χ1n) is 7.47. The number of carbonyl (C=O) groups excluding carboxylic acids is 4. The summed E-state index contributed by atoms with van der Waals surface area (Å²) >= 11 is 0. The van der Waals surface area contributed by atoms with Gasteiger partial charge in [-0.05, 0) is 25.1 Å². The summed E-state index contributed by atoms with van der Waals surface area (Å²) in [5, 5.41) is 6.45. The van der Waals surface area contributed by atoms with Gasteiger partial charge in [-0.15, -0.1) is 6.58 Å². The Morgan fingerprint density at radius 3 is 2.69 bits per heavy atom. The van der Waals surface area contributed by atoms with E-state index in [-0.39, 0.29) is 12.1 Å². The molecule has 1 aliphatic rings. The van der Waals surface area contributed by atoms with E-state index in [1.165, 1.54) is 13.0 Å². The molecule has 10 heteroatoms. The van der Waals surface area contributed by atoms with Crippen LogP contribution >= 0.6 is 0 Å². The lowest BCUT2D eigenvalue weighted by Gasteiger charge is -2.22. The molecule has 0 saturated carbocycles. The Morgan fingerprint density at radius 1 is 1.35 bits per heavy atom. The fourth-order valence-corrected chi connectivity index (χ4v) is 2.42. The van der Waals surface area contributed by atoms with E-state index in [4.69, 9.17) is 0 Å². The van der Waals surface area contributed by atoms with Crippen molar-refractivity contribution < 1.29 is 28.0 Å². The Morgan fingerprint density at radius 2 is 2.04 bits per heavy atom. The van der Waals surface area contributed by atoms with Gasteiger partial charge in [0, 0.05) is 12.1 Å². The van der Waals surface area contributed by atoms with Crippen molar-refractivity contribution in [3.8, 4) is 0 Å². The SMILES string of the molecule is C=CCNC(=O)NC(=O)CN1C(=O)N[C@](C)(c2cc(F)ccc2F)C1=O. The Kier molecular flexibility index (Phi) is 5.34. The highest BCUT2D eigenvalue weighted by atomic mass is 19.1. The van der Waals surface area contributed by atoms with Crippen LogP contribution in [0.3, 0.4) is 0 Å². The van der Waals surface area contributed by atoms with Gasteiger partial charge in [-0.2, -0.15) is 0 Å². The van der Waals surface area contributed by atoms with Crippen LogP contribution in [0.1, 0.15) is 12.5 Å². The van der Waals surface area contributed by atoms with Gasteiger partial charge in [0.15, 0.2) is 0 Å². The van der Waals surface area contributed by atoms with Gasteiger partial charge in [0.25, 0.3) is 5.91 Å². The van der Waals surface area contributed by atoms with Crippen LogP contribution in [0.2, 0.25) is 0 Å². The number of nitrogens with zero attached hydrogens (tertiary/aromatic N) is 1. The monoisotopic (exact) mass is 366 g/mol. The van der Waals surface area contributed by atoms with Crippen LogP contribution in [0, 0.1) is 11.6 Å². The van der Waals surface area contributed by atoms with Gasteiger partial charge in [0.1, 0.15) is 23.7 Å². The summed E-state index contributed by atoms with van der Waals surface area (Å²) in [6.45, 7) is 3.92. The zero-order chi connectivity index (χ0) is 19.5. The fourth-order valence-electron chi connectivity index (χ4n) is 2.42. The van der Waals surface area contributed by atoms with Gasteiger partial charge in [-0.25, -0.2) is 18.4 Å². The molecule has 8 nitrogen and oxygen atoms in total. The molecule has 1 aromatic carbocycles. The van der Waals surface area contributed by atoms with Gasteiger partial charge in [-0.3, -0.25) is 19.8 Å². The molecule has 1 heterocycles. The summed E-state index contributed by atoms with van der Waals surface area (Å²) in [6.07, 6.45) is 1.39. The average Bonchev–Trinajstić information content (AvgIpc) is 2.79. The van der Waals surface area contributed by atoms with Crippen LogP contribution < -0.4 is 16.0 Å². The van der Waals surface area contributed by atoms with Crippen LogP contribution in [0.15, 0.2) is 30.9 Å². The summed E-state index contributed by atoms with van der Waals surface area (Å²) in [5.41, 5.74) is -2.25. The summed E-state index contributed by atoms with van der Waals surface area (Å²) in [7, 11) is 0. The molecular formula is C16H16F2N4O4. The number of hydrogen-bond acceptors (Lipinski definition) is 4. The first-order valence-corrected chi connectivity index (χ1v) is 7.47. The van der Waals surface area contributed by atoms with Gasteiger partial charge in [-0.1, -0.05) is 6.08 Å². The molecule has 1 aromatic rings. The topological polar surface area (TPSA) is 108 Å². The largest absolute Gasteiger partial charge is 0.334 e. The normalized spacial score (nSPS) is 19.1. The maximum atomic E-state index is 14.0. The highest BCUT2D eigenvalue weighted by molar-refractivity contribution is 6.10. The number of carbonyl (C=O) groups is 4. The standard InChI is InChI=1S/C16H16F2N4O4/c1-3-6-19-14(25)20-12(23)8-22-13(24)16(2,21-15(22)26)10-7-9(17)4-5-11(10)18/h3-5,7H,1,6,8H2,2H3,(H,21,26)(H2,19,20,23,25)/t16-/m1/s1. The first kappa shape index (κ1) is 19.0. The van der Waals surface area contributed by atoms with Crippen molar-refractivity contribution in [3.63, 3.8) is 0 Å². The molecule has 1 fully saturated rings. The number of halogens is 2. The number of amides is 6. The van der Waals surface area contributed by atoms with Crippen molar-refractivity contribution >= 4 is 23.9 Å². The van der Waals surface area contributed by atoms with Crippen LogP contribution in [0.4, 0.5) is 18.4 Å². The third-order valence-corrected chi connectivity index (χ3v) is 3.70. The number of nitrogens with one attached hydrogen (secondary N) is 3. The van der Waals surface area contributed by atoms with Crippen molar-refractivity contribution in [2.24, 2.45) is 0 Å². The molecule has 26 heavy (non-hydrogen) atoms. The predicted molar refractivity (Wildman–Crippen MR) is 85.7 cm³/mol. The molecule has 3 N–H and O–H groups in total. The summed E-state index contributed by atoms with van der Waals surface area (Å²) < 4.78 is 27.4. The van der Waals surface area contributed by atoms with E-state index in [1.54, 1.807) is 0 Å². The Bertz CT molecular complexity index is 798. The van der Waals surface area contributed by atoms with E-state index in [0.717, 1.165) is 18.2 Å². The van der Waals surface area contributed by atoms with Crippen molar-refractivity contribution in [2.75, 3.05) is 13.1 Å². The third-order valence-electron chi connectivity index (χ3n) is 3.70. The molecule has 0 radical (unpaired) electrons. The second kappa shape index (κ2) is 7.30. The number of benzene rings is 1. The average molecular weight is 366 g/mol. The van der Waals surface area contributed by atoms with E-state index >= 15 is 0 Å². The minimum absolute atomic E-state index is 0.110. The Hall–Kier alpha value is -3.30. The number of urea groups is 2. The number of hydrogen-bond donors (Lipinski definition) is 3. The molecule has 6 amide bonds. The molecule has 0 aliphatic carbocycles. The molecule has 1 aliphatic heterocycles. The minimum atomic E-state index is -1.88. The smallest absolute Gasteiger partial charge is 0.325 e. The van der Waals surface area contributed by atoms with E-state index in [9.17, 15) is 28.0 Å². The van der Waals surface area contributed by atoms with Gasteiger partial charge >= 0.3 is 12.1 Å². The summed E-state index contributed by atoms with van der Waals surface area (Å²) in [6, 6.07) is 0.689. The number of rotatable bonds is 5. The molecule has 0 unspecified atom stereocenters. The first-order chi connectivity index (χ1) is 12.2. The van der Waals surface area contributed by atoms with Gasteiger partial charge < -0.3 is 10.6 Å². The minimum Gasteiger partial charge on any atom is -0.334 e. The molecule has 138 valence electrons. The zero-order valence-corrected chi connectivity index (χ0v) is 13.8. The zero-order valence-electron chi connectivity index (χ0n) is 13.8. The highest BCUT2D eigenvalue weighted by Gasteiger charge is 2.50. The van der Waals surface area contributed by atoms with Crippen LogP contribution in [0.25, 0.3) is 0 Å². The molecule has 0 bridgehead atoms. The Labute approximate surface area is 147 Å². The molecule has 1 saturated heterocycles. The lowest BCUT2D eigenvalue weighted by Crippen LogP contribution is -2.47. The quantitative estimate of drug-likeness (QED) is 0.528. The predicted octanol–water partition coefficient (Wildman–Crippen LogP) is 0.744. The lowest BCUT2D eigenvalue weighted by molar-refractivity contribution is -0.134. The molecule has 0 spiro atoms. The van der Waals surface area contributed by atoms with Crippen LogP contribution in [-0.4, -0.2) is 41.9 Å². The van der Waals surface area contributed by atoms with E-state index in [2.05, 4.69) is 17.2 Å². The molecule has 1 atom stereocenters. The second-order valence-corrected chi connectivity index (χ2v) is 5.62.